The number of carbonyl (C=O) groups excluding carboxylic acids is 1. The molecule has 4 rings (SSSR count). The second-order valence-corrected chi connectivity index (χ2v) is 7.26. The molecule has 1 aromatic heterocycles. The minimum absolute atomic E-state index is 0.00299. The number of rotatable bonds is 5. The molecular formula is C23H22O5. The van der Waals surface area contributed by atoms with Crippen LogP contribution in [0.2, 0.25) is 0 Å². The van der Waals surface area contributed by atoms with E-state index in [9.17, 15) is 9.59 Å². The van der Waals surface area contributed by atoms with Gasteiger partial charge in [0.25, 0.3) is 0 Å². The topological polar surface area (TPSA) is 65.7 Å². The van der Waals surface area contributed by atoms with Gasteiger partial charge in [0.1, 0.15) is 17.9 Å². The molecule has 0 saturated heterocycles. The highest BCUT2D eigenvalue weighted by atomic mass is 16.6. The molecule has 0 radical (unpaired) electrons. The molecule has 5 heteroatoms. The van der Waals surface area contributed by atoms with Gasteiger partial charge < -0.3 is 13.9 Å². The first-order chi connectivity index (χ1) is 13.5. The Labute approximate surface area is 162 Å². The molecule has 1 heterocycles. The van der Waals surface area contributed by atoms with Crippen LogP contribution in [0.1, 0.15) is 34.2 Å². The summed E-state index contributed by atoms with van der Waals surface area (Å²) in [6.45, 7) is 3.77. The van der Waals surface area contributed by atoms with Crippen molar-refractivity contribution < 1.29 is 18.7 Å². The van der Waals surface area contributed by atoms with E-state index in [1.54, 1.807) is 0 Å². The van der Waals surface area contributed by atoms with Crippen molar-refractivity contribution >= 4 is 16.9 Å². The number of hydrogen-bond donors (Lipinski definition) is 0. The predicted octanol–water partition coefficient (Wildman–Crippen LogP) is 4.02. The maximum absolute atomic E-state index is 12.1. The number of fused-ring (bicyclic) bond motifs is 2. The molecule has 0 N–H and O–H groups in total. The average Bonchev–Trinajstić information content (AvgIpc) is 3.13. The highest BCUT2D eigenvalue weighted by molar-refractivity contribution is 5.82. The Hall–Kier alpha value is -3.08. The fourth-order valence-corrected chi connectivity index (χ4v) is 3.58. The highest BCUT2D eigenvalue weighted by Crippen LogP contribution is 2.26. The molecule has 0 amide bonds. The summed E-state index contributed by atoms with van der Waals surface area (Å²) in [4.78, 5) is 23.9. The van der Waals surface area contributed by atoms with Gasteiger partial charge in [-0.2, -0.15) is 0 Å². The normalized spacial score (nSPS) is 12.8. The van der Waals surface area contributed by atoms with E-state index in [-0.39, 0.29) is 13.2 Å². The van der Waals surface area contributed by atoms with Crippen molar-refractivity contribution in [1.82, 2.24) is 0 Å². The van der Waals surface area contributed by atoms with E-state index in [2.05, 4.69) is 6.07 Å². The van der Waals surface area contributed by atoms with Crippen molar-refractivity contribution in [2.24, 2.45) is 0 Å². The van der Waals surface area contributed by atoms with Crippen molar-refractivity contribution in [2.45, 2.75) is 39.7 Å². The van der Waals surface area contributed by atoms with Crippen LogP contribution in [0.5, 0.6) is 5.75 Å². The van der Waals surface area contributed by atoms with Crippen LogP contribution in [-0.4, -0.2) is 12.6 Å². The largest absolute Gasteiger partial charge is 0.482 e. The van der Waals surface area contributed by atoms with Gasteiger partial charge in [-0.05, 0) is 79.6 Å². The SMILES string of the molecule is Cc1cc2oc(=O)cc(COC(=O)COc3ccc4c(c3)CCC4)c2cc1C. The standard InChI is InChI=1S/C23H22O5/c1-14-8-20-18(11-22(24)28-21(20)9-15(14)2)12-27-23(25)13-26-19-7-6-16-4-3-5-17(16)10-19/h6-11H,3-5,12-13H2,1-2H3. The lowest BCUT2D eigenvalue weighted by Gasteiger charge is -2.10. The smallest absolute Gasteiger partial charge is 0.344 e. The van der Waals surface area contributed by atoms with Crippen molar-refractivity contribution in [3.8, 4) is 5.75 Å². The van der Waals surface area contributed by atoms with E-state index in [1.807, 2.05) is 38.1 Å². The third kappa shape index (κ3) is 3.79. The van der Waals surface area contributed by atoms with Crippen molar-refractivity contribution in [3.05, 3.63) is 74.6 Å². The van der Waals surface area contributed by atoms with Crippen LogP contribution >= 0.6 is 0 Å². The van der Waals surface area contributed by atoms with Crippen LogP contribution in [0.15, 0.2) is 45.6 Å². The zero-order chi connectivity index (χ0) is 19.7. The summed E-state index contributed by atoms with van der Waals surface area (Å²) >= 11 is 0. The number of benzene rings is 2. The number of carbonyl (C=O) groups is 1. The number of ether oxygens (including phenoxy) is 2. The van der Waals surface area contributed by atoms with Gasteiger partial charge in [0.2, 0.25) is 0 Å². The Morgan fingerprint density at radius 2 is 1.82 bits per heavy atom. The molecule has 0 fully saturated rings. The minimum atomic E-state index is -0.481. The molecule has 0 atom stereocenters. The summed E-state index contributed by atoms with van der Waals surface area (Å²) in [7, 11) is 0. The molecule has 0 aliphatic heterocycles. The van der Waals surface area contributed by atoms with E-state index in [1.165, 1.54) is 23.6 Å². The number of aryl methyl sites for hydroxylation is 4. The van der Waals surface area contributed by atoms with Crippen LogP contribution in [0.4, 0.5) is 0 Å². The second-order valence-electron chi connectivity index (χ2n) is 7.26. The maximum atomic E-state index is 12.1. The van der Waals surface area contributed by atoms with Crippen LogP contribution < -0.4 is 10.4 Å². The maximum Gasteiger partial charge on any atom is 0.344 e. The molecule has 1 aliphatic rings. The summed E-state index contributed by atoms with van der Waals surface area (Å²) in [5.74, 6) is 0.195. The van der Waals surface area contributed by atoms with E-state index in [0.717, 1.165) is 29.4 Å². The summed E-state index contributed by atoms with van der Waals surface area (Å²) in [5, 5.41) is 0.773. The third-order valence-electron chi connectivity index (χ3n) is 5.26. The first kappa shape index (κ1) is 18.3. The summed E-state index contributed by atoms with van der Waals surface area (Å²) in [6.07, 6.45) is 3.33. The van der Waals surface area contributed by atoms with Gasteiger partial charge in [0.05, 0.1) is 0 Å². The molecule has 28 heavy (non-hydrogen) atoms. The molecule has 1 aliphatic carbocycles. The lowest BCUT2D eigenvalue weighted by Crippen LogP contribution is -2.15. The van der Waals surface area contributed by atoms with Gasteiger partial charge in [-0.25, -0.2) is 9.59 Å². The van der Waals surface area contributed by atoms with Crippen LogP contribution in [0, 0.1) is 13.8 Å². The van der Waals surface area contributed by atoms with E-state index < -0.39 is 11.6 Å². The third-order valence-corrected chi connectivity index (χ3v) is 5.26. The molecule has 2 aromatic carbocycles. The molecule has 3 aromatic rings. The zero-order valence-corrected chi connectivity index (χ0v) is 16.0. The fourth-order valence-electron chi connectivity index (χ4n) is 3.58. The van der Waals surface area contributed by atoms with Crippen LogP contribution in [0.25, 0.3) is 11.0 Å². The minimum Gasteiger partial charge on any atom is -0.482 e. The fraction of sp³-hybridized carbons (Fsp3) is 0.304. The number of esters is 1. The van der Waals surface area contributed by atoms with Crippen molar-refractivity contribution in [3.63, 3.8) is 0 Å². The van der Waals surface area contributed by atoms with Crippen LogP contribution in [-0.2, 0) is 29.0 Å². The van der Waals surface area contributed by atoms with Crippen molar-refractivity contribution in [1.29, 1.82) is 0 Å². The first-order valence-corrected chi connectivity index (χ1v) is 9.44. The lowest BCUT2D eigenvalue weighted by molar-refractivity contribution is -0.147. The molecule has 144 valence electrons. The zero-order valence-electron chi connectivity index (χ0n) is 16.0. The van der Waals surface area contributed by atoms with Gasteiger partial charge in [-0.15, -0.1) is 0 Å². The van der Waals surface area contributed by atoms with Gasteiger partial charge >= 0.3 is 11.6 Å². The molecule has 0 bridgehead atoms. The molecule has 0 saturated carbocycles. The van der Waals surface area contributed by atoms with Gasteiger partial charge in [0, 0.05) is 17.0 Å². The Morgan fingerprint density at radius 1 is 1.04 bits per heavy atom. The summed E-state index contributed by atoms with van der Waals surface area (Å²) in [5.41, 5.74) is 5.42. The number of hydrogen-bond acceptors (Lipinski definition) is 5. The van der Waals surface area contributed by atoms with Crippen LogP contribution in [0.3, 0.4) is 0 Å². The molecular weight excluding hydrogens is 356 g/mol. The Balaban J connectivity index is 1.42. The Morgan fingerprint density at radius 3 is 2.68 bits per heavy atom. The van der Waals surface area contributed by atoms with E-state index in [0.29, 0.717) is 16.9 Å². The molecule has 0 unspecified atom stereocenters. The Kier molecular flexibility index (Phi) is 4.90. The quantitative estimate of drug-likeness (QED) is 0.496. The summed E-state index contributed by atoms with van der Waals surface area (Å²) in [6, 6.07) is 11.1. The monoisotopic (exact) mass is 378 g/mol. The van der Waals surface area contributed by atoms with E-state index >= 15 is 0 Å². The van der Waals surface area contributed by atoms with Gasteiger partial charge in [-0.1, -0.05) is 6.07 Å². The van der Waals surface area contributed by atoms with Crippen molar-refractivity contribution in [2.75, 3.05) is 6.61 Å². The first-order valence-electron chi connectivity index (χ1n) is 9.44. The Bertz CT molecular complexity index is 1110. The molecule has 0 spiro atoms. The van der Waals surface area contributed by atoms with Gasteiger partial charge in [-0.3, -0.25) is 0 Å². The summed E-state index contributed by atoms with van der Waals surface area (Å²) < 4.78 is 16.2. The average molecular weight is 378 g/mol. The molecule has 5 nitrogen and oxygen atoms in total. The highest BCUT2D eigenvalue weighted by Gasteiger charge is 2.13. The van der Waals surface area contributed by atoms with Gasteiger partial charge in [0.15, 0.2) is 6.61 Å². The second kappa shape index (κ2) is 7.50. The predicted molar refractivity (Wildman–Crippen MR) is 106 cm³/mol. The lowest BCUT2D eigenvalue weighted by atomic mass is 10.0. The van der Waals surface area contributed by atoms with E-state index in [4.69, 9.17) is 13.9 Å².